The van der Waals surface area contributed by atoms with Gasteiger partial charge in [-0.25, -0.2) is 0 Å². The van der Waals surface area contributed by atoms with Crippen molar-refractivity contribution in [3.63, 3.8) is 0 Å². The summed E-state index contributed by atoms with van der Waals surface area (Å²) >= 11 is 5.94. The van der Waals surface area contributed by atoms with Gasteiger partial charge in [0.2, 0.25) is 11.7 Å². The lowest BCUT2D eigenvalue weighted by Crippen LogP contribution is -2.24. The molecule has 8 nitrogen and oxygen atoms in total. The molecule has 1 fully saturated rings. The van der Waals surface area contributed by atoms with Gasteiger partial charge in [0.15, 0.2) is 17.3 Å². The molecule has 0 radical (unpaired) electrons. The summed E-state index contributed by atoms with van der Waals surface area (Å²) in [7, 11) is 4.61. The highest BCUT2D eigenvalue weighted by molar-refractivity contribution is 6.30. The number of nitrogens with zero attached hydrogens (tertiary/aromatic N) is 3. The molecule has 2 heterocycles. The number of ether oxygens (including phenoxy) is 3. The molecule has 2 aromatic carbocycles. The van der Waals surface area contributed by atoms with E-state index in [9.17, 15) is 4.79 Å². The van der Waals surface area contributed by atoms with E-state index in [0.717, 1.165) is 5.69 Å². The Morgan fingerprint density at radius 3 is 2.33 bits per heavy atom. The van der Waals surface area contributed by atoms with E-state index in [0.29, 0.717) is 52.5 Å². The Morgan fingerprint density at radius 1 is 1.07 bits per heavy atom. The van der Waals surface area contributed by atoms with Gasteiger partial charge < -0.3 is 23.6 Å². The molecule has 1 amide bonds. The van der Waals surface area contributed by atoms with Gasteiger partial charge in [0.1, 0.15) is 0 Å². The maximum Gasteiger partial charge on any atom is 0.258 e. The lowest BCUT2D eigenvalue weighted by molar-refractivity contribution is -0.117. The zero-order chi connectivity index (χ0) is 21.3. The fourth-order valence-corrected chi connectivity index (χ4v) is 3.60. The van der Waals surface area contributed by atoms with Gasteiger partial charge in [-0.05, 0) is 36.4 Å². The molecule has 0 aliphatic carbocycles. The van der Waals surface area contributed by atoms with Crippen LogP contribution in [0.15, 0.2) is 40.9 Å². The third kappa shape index (κ3) is 3.66. The molecular formula is C21H20ClN3O5. The number of amides is 1. The number of carbonyl (C=O) groups excluding carboxylic acids is 1. The number of anilines is 1. The molecule has 30 heavy (non-hydrogen) atoms. The smallest absolute Gasteiger partial charge is 0.258 e. The van der Waals surface area contributed by atoms with Crippen LogP contribution in [-0.4, -0.2) is 43.9 Å². The summed E-state index contributed by atoms with van der Waals surface area (Å²) in [5.41, 5.74) is 1.42. The topological polar surface area (TPSA) is 86.9 Å². The number of hydrogen-bond acceptors (Lipinski definition) is 7. The van der Waals surface area contributed by atoms with Crippen molar-refractivity contribution in [1.29, 1.82) is 0 Å². The number of benzene rings is 2. The molecule has 1 atom stereocenters. The summed E-state index contributed by atoms with van der Waals surface area (Å²) in [6, 6.07) is 10.6. The van der Waals surface area contributed by atoms with Crippen LogP contribution in [0, 0.1) is 0 Å². The first-order valence-corrected chi connectivity index (χ1v) is 9.61. The number of rotatable bonds is 6. The van der Waals surface area contributed by atoms with Crippen LogP contribution in [0.3, 0.4) is 0 Å². The Kier molecular flexibility index (Phi) is 5.50. The molecular weight excluding hydrogens is 410 g/mol. The quantitative estimate of drug-likeness (QED) is 0.586. The number of halogens is 1. The average Bonchev–Trinajstić information content (AvgIpc) is 3.40. The Labute approximate surface area is 178 Å². The van der Waals surface area contributed by atoms with Crippen molar-refractivity contribution in [3.05, 3.63) is 47.2 Å². The predicted octanol–water partition coefficient (Wildman–Crippen LogP) is 3.94. The Balaban J connectivity index is 1.59. The van der Waals surface area contributed by atoms with Gasteiger partial charge in [0, 0.05) is 35.2 Å². The second-order valence-corrected chi connectivity index (χ2v) is 7.19. The second-order valence-electron chi connectivity index (χ2n) is 6.75. The number of carbonyl (C=O) groups is 1. The van der Waals surface area contributed by atoms with Gasteiger partial charge in [-0.3, -0.25) is 4.79 Å². The zero-order valence-corrected chi connectivity index (χ0v) is 17.5. The monoisotopic (exact) mass is 429 g/mol. The molecule has 3 aromatic rings. The Bertz CT molecular complexity index is 1040. The number of methoxy groups -OCH3 is 3. The average molecular weight is 430 g/mol. The molecule has 0 N–H and O–H groups in total. The van der Waals surface area contributed by atoms with Crippen LogP contribution in [-0.2, 0) is 4.79 Å². The van der Waals surface area contributed by atoms with E-state index >= 15 is 0 Å². The molecule has 0 bridgehead atoms. The van der Waals surface area contributed by atoms with Crippen LogP contribution in [0.5, 0.6) is 17.2 Å². The first-order valence-electron chi connectivity index (χ1n) is 9.24. The van der Waals surface area contributed by atoms with Crippen molar-refractivity contribution in [3.8, 4) is 28.7 Å². The summed E-state index contributed by atoms with van der Waals surface area (Å²) in [5.74, 6) is 2.05. The molecule has 1 saturated heterocycles. The lowest BCUT2D eigenvalue weighted by atomic mass is 10.1. The first-order chi connectivity index (χ1) is 14.5. The van der Waals surface area contributed by atoms with Gasteiger partial charge in [-0.15, -0.1) is 0 Å². The minimum Gasteiger partial charge on any atom is -0.493 e. The molecule has 0 unspecified atom stereocenters. The second kappa shape index (κ2) is 8.23. The first kappa shape index (κ1) is 20.0. The fourth-order valence-electron chi connectivity index (χ4n) is 3.47. The van der Waals surface area contributed by atoms with E-state index in [1.54, 1.807) is 29.2 Å². The van der Waals surface area contributed by atoms with Gasteiger partial charge in [-0.2, -0.15) is 4.98 Å². The predicted molar refractivity (Wildman–Crippen MR) is 111 cm³/mol. The Morgan fingerprint density at radius 2 is 1.73 bits per heavy atom. The van der Waals surface area contributed by atoms with Crippen molar-refractivity contribution in [1.82, 2.24) is 10.1 Å². The van der Waals surface area contributed by atoms with Crippen LogP contribution < -0.4 is 19.1 Å². The third-order valence-corrected chi connectivity index (χ3v) is 5.23. The molecule has 0 spiro atoms. The van der Waals surface area contributed by atoms with E-state index in [-0.39, 0.29) is 11.8 Å². The van der Waals surface area contributed by atoms with Crippen LogP contribution in [0.25, 0.3) is 11.5 Å². The maximum absolute atomic E-state index is 12.5. The van der Waals surface area contributed by atoms with Gasteiger partial charge in [-0.1, -0.05) is 16.8 Å². The van der Waals surface area contributed by atoms with E-state index in [1.807, 2.05) is 12.1 Å². The normalized spacial score (nSPS) is 16.1. The third-order valence-electron chi connectivity index (χ3n) is 4.98. The molecule has 1 aromatic heterocycles. The summed E-state index contributed by atoms with van der Waals surface area (Å²) in [5, 5.41) is 4.73. The van der Waals surface area contributed by atoms with Crippen molar-refractivity contribution < 1.29 is 23.5 Å². The highest BCUT2D eigenvalue weighted by Crippen LogP contribution is 2.41. The van der Waals surface area contributed by atoms with Crippen molar-refractivity contribution in [2.24, 2.45) is 0 Å². The standard InChI is InChI=1S/C21H20ClN3O5/c1-27-16-8-12(9-17(28-2)19(16)29-3)21-23-20(24-30-21)13-10-18(26)25(11-13)15-6-4-14(22)5-7-15/h4-9,13H,10-11H2,1-3H3/t13-/m1/s1. The SMILES string of the molecule is COc1cc(-c2nc([C@@H]3CC(=O)N(c4ccc(Cl)cc4)C3)no2)cc(OC)c1OC. The highest BCUT2D eigenvalue weighted by atomic mass is 35.5. The molecule has 1 aliphatic rings. The maximum atomic E-state index is 12.5. The lowest BCUT2D eigenvalue weighted by Gasteiger charge is -2.16. The summed E-state index contributed by atoms with van der Waals surface area (Å²) in [4.78, 5) is 18.7. The minimum atomic E-state index is -0.173. The highest BCUT2D eigenvalue weighted by Gasteiger charge is 2.34. The van der Waals surface area contributed by atoms with Gasteiger partial charge >= 0.3 is 0 Å². The Hall–Kier alpha value is -3.26. The van der Waals surface area contributed by atoms with E-state index in [2.05, 4.69) is 10.1 Å². The van der Waals surface area contributed by atoms with E-state index in [1.165, 1.54) is 21.3 Å². The molecule has 0 saturated carbocycles. The van der Waals surface area contributed by atoms with Crippen molar-refractivity contribution >= 4 is 23.2 Å². The van der Waals surface area contributed by atoms with Gasteiger partial charge in [0.25, 0.3) is 5.89 Å². The summed E-state index contributed by atoms with van der Waals surface area (Å²) in [6.07, 6.45) is 0.302. The zero-order valence-electron chi connectivity index (χ0n) is 16.7. The summed E-state index contributed by atoms with van der Waals surface area (Å²) in [6.45, 7) is 0.467. The fraction of sp³-hybridized carbons (Fsp3) is 0.286. The van der Waals surface area contributed by atoms with Crippen LogP contribution in [0.2, 0.25) is 5.02 Å². The van der Waals surface area contributed by atoms with Crippen LogP contribution in [0.1, 0.15) is 18.2 Å². The molecule has 9 heteroatoms. The largest absolute Gasteiger partial charge is 0.493 e. The van der Waals surface area contributed by atoms with Crippen molar-refractivity contribution in [2.45, 2.75) is 12.3 Å². The van der Waals surface area contributed by atoms with E-state index < -0.39 is 0 Å². The molecule has 156 valence electrons. The van der Waals surface area contributed by atoms with E-state index in [4.69, 9.17) is 30.3 Å². The number of aromatic nitrogens is 2. The van der Waals surface area contributed by atoms with Crippen LogP contribution in [0.4, 0.5) is 5.69 Å². The molecule has 4 rings (SSSR count). The minimum absolute atomic E-state index is 0.00135. The molecule has 1 aliphatic heterocycles. The van der Waals surface area contributed by atoms with Gasteiger partial charge in [0.05, 0.1) is 21.3 Å². The number of hydrogen-bond donors (Lipinski definition) is 0. The van der Waals surface area contributed by atoms with Crippen LogP contribution >= 0.6 is 11.6 Å². The summed E-state index contributed by atoms with van der Waals surface area (Å²) < 4.78 is 21.6. The van der Waals surface area contributed by atoms with Crippen molar-refractivity contribution in [2.75, 3.05) is 32.8 Å².